The Labute approximate surface area is 126 Å². The third-order valence-electron chi connectivity index (χ3n) is 3.23. The Morgan fingerprint density at radius 3 is 2.75 bits per heavy atom. The van der Waals surface area contributed by atoms with Crippen LogP contribution in [-0.2, 0) is 10.3 Å². The first-order chi connectivity index (χ1) is 9.50. The first-order valence-electron chi connectivity index (χ1n) is 6.47. The van der Waals surface area contributed by atoms with Crippen LogP contribution >= 0.6 is 15.9 Å². The molecule has 108 valence electrons. The molecule has 0 radical (unpaired) electrons. The average molecular weight is 341 g/mol. The summed E-state index contributed by atoms with van der Waals surface area (Å²) in [7, 11) is 0. The first-order valence-corrected chi connectivity index (χ1v) is 7.26. The van der Waals surface area contributed by atoms with E-state index in [1.807, 2.05) is 20.8 Å². The van der Waals surface area contributed by atoms with Crippen LogP contribution in [0.15, 0.2) is 27.2 Å². The molecule has 1 atom stereocenters. The van der Waals surface area contributed by atoms with Gasteiger partial charge in [0, 0.05) is 11.1 Å². The fourth-order valence-electron chi connectivity index (χ4n) is 1.88. The van der Waals surface area contributed by atoms with Gasteiger partial charge >= 0.3 is 0 Å². The summed E-state index contributed by atoms with van der Waals surface area (Å²) in [5.41, 5.74) is -0.0801. The lowest BCUT2D eigenvalue weighted by Crippen LogP contribution is -2.26. The zero-order valence-corrected chi connectivity index (χ0v) is 13.3. The van der Waals surface area contributed by atoms with Crippen LogP contribution in [0.3, 0.4) is 0 Å². The van der Waals surface area contributed by atoms with E-state index in [1.54, 1.807) is 18.2 Å². The van der Waals surface area contributed by atoms with Gasteiger partial charge < -0.3 is 14.4 Å². The highest BCUT2D eigenvalue weighted by Gasteiger charge is 2.31. The third kappa shape index (κ3) is 2.86. The molecule has 0 saturated carbocycles. The highest BCUT2D eigenvalue weighted by atomic mass is 79.9. The minimum atomic E-state index is -0.582. The second-order valence-corrected chi connectivity index (χ2v) is 5.52. The van der Waals surface area contributed by atoms with Crippen molar-refractivity contribution in [2.45, 2.75) is 32.8 Å². The number of rotatable bonds is 5. The second kappa shape index (κ2) is 5.93. The van der Waals surface area contributed by atoms with E-state index in [1.165, 1.54) is 0 Å². The number of aromatic hydroxyl groups is 1. The van der Waals surface area contributed by atoms with E-state index < -0.39 is 5.60 Å². The summed E-state index contributed by atoms with van der Waals surface area (Å²) >= 11 is 3.29. The van der Waals surface area contributed by atoms with Crippen LogP contribution in [0.1, 0.15) is 33.0 Å². The van der Waals surface area contributed by atoms with Crippen molar-refractivity contribution in [1.82, 2.24) is 10.1 Å². The van der Waals surface area contributed by atoms with Gasteiger partial charge in [-0.3, -0.25) is 0 Å². The van der Waals surface area contributed by atoms with Gasteiger partial charge in [0.25, 0.3) is 5.89 Å². The number of hydrogen-bond donors (Lipinski definition) is 1. The van der Waals surface area contributed by atoms with Gasteiger partial charge in [-0.15, -0.1) is 0 Å². The van der Waals surface area contributed by atoms with Crippen molar-refractivity contribution in [3.05, 3.63) is 28.5 Å². The van der Waals surface area contributed by atoms with Gasteiger partial charge in [0.05, 0.1) is 5.56 Å². The van der Waals surface area contributed by atoms with Crippen LogP contribution in [-0.4, -0.2) is 21.9 Å². The molecule has 0 spiro atoms. The molecule has 2 rings (SSSR count). The van der Waals surface area contributed by atoms with E-state index in [0.717, 1.165) is 10.9 Å². The SMILES string of the molecule is CCOC(C)(CC)c1noc(-c2ccc(Br)cc2O)n1. The lowest BCUT2D eigenvalue weighted by Gasteiger charge is -2.23. The summed E-state index contributed by atoms with van der Waals surface area (Å²) in [6.07, 6.45) is 0.728. The predicted octanol–water partition coefficient (Wildman–Crippen LogP) is 3.87. The number of aromatic nitrogens is 2. The first kappa shape index (κ1) is 15.0. The molecule has 0 aliphatic rings. The lowest BCUT2D eigenvalue weighted by molar-refractivity contribution is -0.0403. The Kier molecular flexibility index (Phi) is 4.45. The Balaban J connectivity index is 2.37. The second-order valence-electron chi connectivity index (χ2n) is 4.60. The van der Waals surface area contributed by atoms with Crippen LogP contribution in [0, 0.1) is 0 Å². The van der Waals surface area contributed by atoms with E-state index in [-0.39, 0.29) is 11.6 Å². The maximum atomic E-state index is 9.93. The molecule has 1 aromatic carbocycles. The van der Waals surface area contributed by atoms with Crippen molar-refractivity contribution >= 4 is 15.9 Å². The summed E-state index contributed by atoms with van der Waals surface area (Å²) < 4.78 is 11.7. The van der Waals surface area contributed by atoms with Crippen molar-refractivity contribution in [2.75, 3.05) is 6.61 Å². The lowest BCUT2D eigenvalue weighted by atomic mass is 10.0. The molecular weight excluding hydrogens is 324 g/mol. The number of halogens is 1. The van der Waals surface area contributed by atoms with Gasteiger partial charge in [-0.2, -0.15) is 4.98 Å². The van der Waals surface area contributed by atoms with Crippen LogP contribution in [0.5, 0.6) is 5.75 Å². The highest BCUT2D eigenvalue weighted by Crippen LogP contribution is 2.33. The maximum Gasteiger partial charge on any atom is 0.261 e. The van der Waals surface area contributed by atoms with Gasteiger partial charge in [0.2, 0.25) is 5.82 Å². The predicted molar refractivity (Wildman–Crippen MR) is 78.4 cm³/mol. The highest BCUT2D eigenvalue weighted by molar-refractivity contribution is 9.10. The van der Waals surface area contributed by atoms with Crippen LogP contribution in [0.25, 0.3) is 11.5 Å². The molecule has 0 bridgehead atoms. The molecule has 0 aliphatic carbocycles. The quantitative estimate of drug-likeness (QED) is 0.894. The molecular formula is C14H17BrN2O3. The van der Waals surface area contributed by atoms with Gasteiger partial charge in [-0.05, 0) is 38.5 Å². The fourth-order valence-corrected chi connectivity index (χ4v) is 2.23. The molecule has 1 heterocycles. The normalized spacial score (nSPS) is 14.2. The monoisotopic (exact) mass is 340 g/mol. The molecule has 1 unspecified atom stereocenters. The summed E-state index contributed by atoms with van der Waals surface area (Å²) in [6.45, 7) is 6.42. The van der Waals surface area contributed by atoms with Gasteiger partial charge in [-0.25, -0.2) is 0 Å². The van der Waals surface area contributed by atoms with Crippen LogP contribution in [0.4, 0.5) is 0 Å². The van der Waals surface area contributed by atoms with Crippen molar-refractivity contribution in [3.8, 4) is 17.2 Å². The van der Waals surface area contributed by atoms with Crippen LogP contribution in [0.2, 0.25) is 0 Å². The standard InChI is InChI=1S/C14H17BrN2O3/c1-4-14(3,19-5-2)13-16-12(20-17-13)10-7-6-9(15)8-11(10)18/h6-8,18H,4-5H2,1-3H3. The van der Waals surface area contributed by atoms with E-state index >= 15 is 0 Å². The van der Waals surface area contributed by atoms with Gasteiger partial charge in [-0.1, -0.05) is 28.0 Å². The molecule has 0 saturated heterocycles. The average Bonchev–Trinajstić information content (AvgIpc) is 2.89. The smallest absolute Gasteiger partial charge is 0.261 e. The summed E-state index contributed by atoms with van der Waals surface area (Å²) in [5, 5.41) is 13.9. The topological polar surface area (TPSA) is 68.4 Å². The van der Waals surface area contributed by atoms with E-state index in [4.69, 9.17) is 9.26 Å². The largest absolute Gasteiger partial charge is 0.507 e. The molecule has 6 heteroatoms. The summed E-state index contributed by atoms with van der Waals surface area (Å²) in [4.78, 5) is 4.35. The number of phenols is 1. The molecule has 20 heavy (non-hydrogen) atoms. The number of ether oxygens (including phenoxy) is 1. The molecule has 1 N–H and O–H groups in total. The molecule has 5 nitrogen and oxygen atoms in total. The molecule has 0 aliphatic heterocycles. The van der Waals surface area contributed by atoms with E-state index in [0.29, 0.717) is 18.0 Å². The number of nitrogens with zero attached hydrogens (tertiary/aromatic N) is 2. The molecule has 0 fully saturated rings. The zero-order chi connectivity index (χ0) is 14.8. The molecule has 1 aromatic heterocycles. The Morgan fingerprint density at radius 1 is 1.40 bits per heavy atom. The van der Waals surface area contributed by atoms with Gasteiger partial charge in [0.1, 0.15) is 11.4 Å². The van der Waals surface area contributed by atoms with Crippen molar-refractivity contribution in [1.29, 1.82) is 0 Å². The van der Waals surface area contributed by atoms with E-state index in [9.17, 15) is 5.11 Å². The van der Waals surface area contributed by atoms with Crippen molar-refractivity contribution < 1.29 is 14.4 Å². The maximum absolute atomic E-state index is 9.93. The van der Waals surface area contributed by atoms with Crippen molar-refractivity contribution in [3.63, 3.8) is 0 Å². The van der Waals surface area contributed by atoms with Crippen LogP contribution < -0.4 is 0 Å². The minimum Gasteiger partial charge on any atom is -0.507 e. The van der Waals surface area contributed by atoms with E-state index in [2.05, 4.69) is 26.1 Å². The Hall–Kier alpha value is -1.40. The molecule has 2 aromatic rings. The van der Waals surface area contributed by atoms with Gasteiger partial charge in [0.15, 0.2) is 0 Å². The summed E-state index contributed by atoms with van der Waals surface area (Å²) in [6, 6.07) is 5.11. The zero-order valence-electron chi connectivity index (χ0n) is 11.7. The third-order valence-corrected chi connectivity index (χ3v) is 3.72. The minimum absolute atomic E-state index is 0.0872. The Morgan fingerprint density at radius 2 is 2.15 bits per heavy atom. The summed E-state index contributed by atoms with van der Waals surface area (Å²) in [5.74, 6) is 0.854. The van der Waals surface area contributed by atoms with Crippen molar-refractivity contribution in [2.24, 2.45) is 0 Å². The number of hydrogen-bond acceptors (Lipinski definition) is 5. The molecule has 0 amide bonds. The fraction of sp³-hybridized carbons (Fsp3) is 0.429. The number of phenolic OH excluding ortho intramolecular Hbond substituents is 1. The Bertz CT molecular complexity index is 600. The number of benzene rings is 1.